The van der Waals surface area contributed by atoms with E-state index in [4.69, 9.17) is 16.6 Å². The highest BCUT2D eigenvalue weighted by Crippen LogP contribution is 2.35. The van der Waals surface area contributed by atoms with Gasteiger partial charge >= 0.3 is 0 Å². The van der Waals surface area contributed by atoms with Crippen LogP contribution in [0.15, 0.2) is 71.6 Å². The smallest absolute Gasteiger partial charge is 0.260 e. The fourth-order valence-electron chi connectivity index (χ4n) is 3.33. The second-order valence-corrected chi connectivity index (χ2v) is 10.7. The molecule has 0 saturated carbocycles. The number of thiazole rings is 1. The first kappa shape index (κ1) is 21.9. The molecule has 0 N–H and O–H groups in total. The van der Waals surface area contributed by atoms with E-state index >= 15 is 0 Å². The molecule has 0 radical (unpaired) electrons. The van der Waals surface area contributed by atoms with Crippen LogP contribution in [0.2, 0.25) is 5.02 Å². The Labute approximate surface area is 196 Å². The number of amides is 1. The van der Waals surface area contributed by atoms with Crippen LogP contribution in [-0.2, 0) is 6.54 Å². The summed E-state index contributed by atoms with van der Waals surface area (Å²) in [6.07, 6.45) is 0. The number of halogens is 1. The molecule has 1 amide bonds. The lowest BCUT2D eigenvalue weighted by Crippen LogP contribution is -2.30. The Hall–Kier alpha value is -2.34. The van der Waals surface area contributed by atoms with Gasteiger partial charge in [0.05, 0.1) is 16.8 Å². The van der Waals surface area contributed by atoms with Gasteiger partial charge in [0.25, 0.3) is 5.91 Å². The van der Waals surface area contributed by atoms with Crippen LogP contribution in [0.25, 0.3) is 10.2 Å². The van der Waals surface area contributed by atoms with Crippen molar-refractivity contribution in [2.75, 3.05) is 4.90 Å². The number of carbonyl (C=O) groups is 1. The van der Waals surface area contributed by atoms with Crippen LogP contribution in [-0.4, -0.2) is 16.1 Å². The zero-order valence-electron chi connectivity index (χ0n) is 17.6. The largest absolute Gasteiger partial charge is 0.279 e. The molecule has 0 aliphatic heterocycles. The van der Waals surface area contributed by atoms with Gasteiger partial charge in [-0.1, -0.05) is 73.2 Å². The zero-order chi connectivity index (χ0) is 22.0. The van der Waals surface area contributed by atoms with E-state index in [0.29, 0.717) is 27.5 Å². The first-order valence-corrected chi connectivity index (χ1v) is 12.2. The second-order valence-electron chi connectivity index (χ2n) is 7.59. The Kier molecular flexibility index (Phi) is 6.65. The fourth-order valence-corrected chi connectivity index (χ4v) is 5.40. The summed E-state index contributed by atoms with van der Waals surface area (Å²) in [5.41, 5.74) is 3.50. The number of hydrogen-bond acceptors (Lipinski definition) is 4. The SMILES string of the molecule is Cc1c(Cl)ccc2sc(N(Cc3ccccc3)C(=O)c3cccc(SC(C)C)c3)nc12. The number of aromatic nitrogens is 1. The summed E-state index contributed by atoms with van der Waals surface area (Å²) in [7, 11) is 0. The summed E-state index contributed by atoms with van der Waals surface area (Å²) in [5, 5.41) is 1.81. The normalized spacial score (nSPS) is 11.3. The Morgan fingerprint density at radius 1 is 1.10 bits per heavy atom. The van der Waals surface area contributed by atoms with Crippen LogP contribution in [0.3, 0.4) is 0 Å². The topological polar surface area (TPSA) is 33.2 Å². The highest BCUT2D eigenvalue weighted by molar-refractivity contribution is 7.99. The van der Waals surface area contributed by atoms with Gasteiger partial charge in [-0.2, -0.15) is 0 Å². The van der Waals surface area contributed by atoms with Crippen molar-refractivity contribution in [3.8, 4) is 0 Å². The van der Waals surface area contributed by atoms with Gasteiger partial charge in [-0.05, 0) is 48.4 Å². The molecule has 158 valence electrons. The van der Waals surface area contributed by atoms with Gasteiger partial charge in [-0.3, -0.25) is 9.69 Å². The predicted molar refractivity (Wildman–Crippen MR) is 134 cm³/mol. The summed E-state index contributed by atoms with van der Waals surface area (Å²) < 4.78 is 1.02. The van der Waals surface area contributed by atoms with E-state index in [1.807, 2.05) is 73.7 Å². The molecule has 0 unspecified atom stereocenters. The van der Waals surface area contributed by atoms with E-state index in [9.17, 15) is 4.79 Å². The van der Waals surface area contributed by atoms with Gasteiger partial charge < -0.3 is 0 Å². The molecule has 31 heavy (non-hydrogen) atoms. The molecule has 3 aromatic carbocycles. The average Bonchev–Trinajstić information content (AvgIpc) is 3.19. The number of rotatable bonds is 6. The lowest BCUT2D eigenvalue weighted by molar-refractivity contribution is 0.0985. The first-order chi connectivity index (χ1) is 14.9. The number of anilines is 1. The van der Waals surface area contributed by atoms with Crippen LogP contribution in [0.1, 0.15) is 35.3 Å². The quantitative estimate of drug-likeness (QED) is 0.274. The molecule has 0 saturated heterocycles. The van der Waals surface area contributed by atoms with Gasteiger partial charge in [0.2, 0.25) is 0 Å². The van der Waals surface area contributed by atoms with Crippen molar-refractivity contribution >= 4 is 56.0 Å². The molecule has 4 rings (SSSR count). The predicted octanol–water partition coefficient (Wildman–Crippen LogP) is 7.61. The minimum atomic E-state index is -0.0575. The number of benzene rings is 3. The van der Waals surface area contributed by atoms with E-state index in [2.05, 4.69) is 13.8 Å². The lowest BCUT2D eigenvalue weighted by Gasteiger charge is -2.20. The van der Waals surface area contributed by atoms with Crippen LogP contribution in [0, 0.1) is 6.92 Å². The monoisotopic (exact) mass is 466 g/mol. The van der Waals surface area contributed by atoms with E-state index < -0.39 is 0 Å². The van der Waals surface area contributed by atoms with Gasteiger partial charge in [-0.15, -0.1) is 11.8 Å². The Balaban J connectivity index is 1.76. The Bertz CT molecular complexity index is 1220. The number of hydrogen-bond donors (Lipinski definition) is 0. The zero-order valence-corrected chi connectivity index (χ0v) is 20.0. The molecule has 6 heteroatoms. The van der Waals surface area contributed by atoms with Crippen molar-refractivity contribution in [2.24, 2.45) is 0 Å². The maximum absolute atomic E-state index is 13.7. The lowest BCUT2D eigenvalue weighted by atomic mass is 10.1. The molecule has 0 atom stereocenters. The number of thioether (sulfide) groups is 1. The summed E-state index contributed by atoms with van der Waals surface area (Å²) in [6.45, 7) is 6.71. The average molecular weight is 467 g/mol. The molecule has 0 aliphatic carbocycles. The highest BCUT2D eigenvalue weighted by atomic mass is 35.5. The summed E-state index contributed by atoms with van der Waals surface area (Å²) >= 11 is 9.57. The van der Waals surface area contributed by atoms with Gasteiger partial charge in [0, 0.05) is 20.7 Å². The van der Waals surface area contributed by atoms with Crippen molar-refractivity contribution in [2.45, 2.75) is 37.5 Å². The summed E-state index contributed by atoms with van der Waals surface area (Å²) in [6, 6.07) is 21.7. The molecule has 0 bridgehead atoms. The fraction of sp³-hybridized carbons (Fsp3) is 0.200. The molecule has 1 aromatic heterocycles. The third-order valence-corrected chi connectivity index (χ3v) is 7.30. The molecule has 4 aromatic rings. The van der Waals surface area contributed by atoms with E-state index in [-0.39, 0.29) is 5.91 Å². The van der Waals surface area contributed by atoms with Crippen LogP contribution < -0.4 is 4.90 Å². The minimum absolute atomic E-state index is 0.0575. The van der Waals surface area contributed by atoms with Gasteiger partial charge in [0.1, 0.15) is 0 Å². The molecular formula is C25H23ClN2OS2. The third kappa shape index (κ3) is 4.95. The number of aryl methyl sites for hydroxylation is 1. The van der Waals surface area contributed by atoms with Crippen molar-refractivity contribution < 1.29 is 4.79 Å². The number of fused-ring (bicyclic) bond motifs is 1. The Morgan fingerprint density at radius 2 is 1.87 bits per heavy atom. The van der Waals surface area contributed by atoms with E-state index in [0.717, 1.165) is 26.2 Å². The van der Waals surface area contributed by atoms with Crippen molar-refractivity contribution in [1.29, 1.82) is 0 Å². The van der Waals surface area contributed by atoms with Crippen LogP contribution >= 0.6 is 34.7 Å². The highest BCUT2D eigenvalue weighted by Gasteiger charge is 2.23. The van der Waals surface area contributed by atoms with Gasteiger partial charge in [-0.25, -0.2) is 4.98 Å². The van der Waals surface area contributed by atoms with Crippen molar-refractivity contribution in [3.63, 3.8) is 0 Å². The maximum atomic E-state index is 13.7. The molecule has 1 heterocycles. The van der Waals surface area contributed by atoms with Crippen molar-refractivity contribution in [1.82, 2.24) is 4.98 Å². The van der Waals surface area contributed by atoms with E-state index in [1.165, 1.54) is 11.3 Å². The Morgan fingerprint density at radius 3 is 2.61 bits per heavy atom. The second kappa shape index (κ2) is 9.43. The molecule has 0 aliphatic rings. The summed E-state index contributed by atoms with van der Waals surface area (Å²) in [4.78, 5) is 21.4. The van der Waals surface area contributed by atoms with Crippen molar-refractivity contribution in [3.05, 3.63) is 88.4 Å². The molecule has 0 fully saturated rings. The van der Waals surface area contributed by atoms with E-state index in [1.54, 1.807) is 16.7 Å². The van der Waals surface area contributed by atoms with Crippen LogP contribution in [0.4, 0.5) is 5.13 Å². The molecule has 0 spiro atoms. The minimum Gasteiger partial charge on any atom is -0.279 e. The maximum Gasteiger partial charge on any atom is 0.260 e. The third-order valence-electron chi connectivity index (χ3n) is 4.85. The number of nitrogens with zero attached hydrogens (tertiary/aromatic N) is 2. The van der Waals surface area contributed by atoms with Gasteiger partial charge in [0.15, 0.2) is 5.13 Å². The van der Waals surface area contributed by atoms with Crippen LogP contribution in [0.5, 0.6) is 0 Å². The molecular weight excluding hydrogens is 444 g/mol. The first-order valence-electron chi connectivity index (χ1n) is 10.1. The molecule has 3 nitrogen and oxygen atoms in total. The standard InChI is InChI=1S/C25H23ClN2OS2/c1-16(2)30-20-11-7-10-19(14-20)24(29)28(15-18-8-5-4-6-9-18)25-27-23-17(3)21(26)12-13-22(23)31-25/h4-14,16H,15H2,1-3H3. The number of carbonyl (C=O) groups excluding carboxylic acids is 1. The summed E-state index contributed by atoms with van der Waals surface area (Å²) in [5.74, 6) is -0.0575.